The number of anilines is 1. The number of ether oxygens (including phenoxy) is 1. The van der Waals surface area contributed by atoms with Crippen molar-refractivity contribution in [1.29, 1.82) is 0 Å². The van der Waals surface area contributed by atoms with Crippen LogP contribution >= 0.6 is 0 Å². The number of halogens is 1. The molecule has 2 bridgehead atoms. The van der Waals surface area contributed by atoms with Crippen LogP contribution in [0.3, 0.4) is 0 Å². The summed E-state index contributed by atoms with van der Waals surface area (Å²) < 4.78 is 23.0. The van der Waals surface area contributed by atoms with Gasteiger partial charge in [0.15, 0.2) is 5.82 Å². The number of carbonyl (C=O) groups is 1. The van der Waals surface area contributed by atoms with Crippen LogP contribution in [0.5, 0.6) is 5.75 Å². The van der Waals surface area contributed by atoms with Crippen molar-refractivity contribution in [2.75, 3.05) is 25.0 Å². The average Bonchev–Trinajstić information content (AvgIpc) is 3.27. The number of hydrogen-bond acceptors (Lipinski definition) is 6. The molecule has 8 nitrogen and oxygen atoms in total. The number of piperidine rings is 1. The van der Waals surface area contributed by atoms with Gasteiger partial charge in [-0.25, -0.2) is 9.37 Å². The van der Waals surface area contributed by atoms with Crippen LogP contribution in [0.25, 0.3) is 11.5 Å². The minimum absolute atomic E-state index is 0.0743. The third-order valence-electron chi connectivity index (χ3n) is 6.33. The molecule has 33 heavy (non-hydrogen) atoms. The first-order valence-corrected chi connectivity index (χ1v) is 11.4. The van der Waals surface area contributed by atoms with E-state index in [0.717, 1.165) is 32.4 Å². The molecule has 9 heteroatoms. The van der Waals surface area contributed by atoms with Gasteiger partial charge in [0, 0.05) is 12.6 Å². The maximum Gasteiger partial charge on any atom is 0.260 e. The number of benzene rings is 1. The van der Waals surface area contributed by atoms with Crippen LogP contribution in [0.4, 0.5) is 10.2 Å². The number of nitrogens with one attached hydrogen (secondary N) is 2. The molecule has 0 radical (unpaired) electrons. The maximum absolute atomic E-state index is 15.1. The Labute approximate surface area is 191 Å². The predicted octanol–water partition coefficient (Wildman–Crippen LogP) is 3.62. The van der Waals surface area contributed by atoms with Crippen LogP contribution in [-0.2, 0) is 6.54 Å². The van der Waals surface area contributed by atoms with Gasteiger partial charge in [0.1, 0.15) is 29.4 Å². The molecule has 1 aromatic carbocycles. The number of pyridine rings is 1. The Kier molecular flexibility index (Phi) is 6.04. The van der Waals surface area contributed by atoms with E-state index in [-0.39, 0.29) is 29.3 Å². The Balaban J connectivity index is 1.54. The molecule has 1 fully saturated rings. The first-order chi connectivity index (χ1) is 16.1. The van der Waals surface area contributed by atoms with Gasteiger partial charge in [-0.3, -0.25) is 4.79 Å². The number of rotatable bonds is 1. The predicted molar refractivity (Wildman–Crippen MR) is 122 cm³/mol. The highest BCUT2D eigenvalue weighted by molar-refractivity contribution is 6.06. The molecule has 5 rings (SSSR count). The summed E-state index contributed by atoms with van der Waals surface area (Å²) in [7, 11) is 0. The van der Waals surface area contributed by atoms with Crippen LogP contribution in [0.15, 0.2) is 36.7 Å². The smallest absolute Gasteiger partial charge is 0.260 e. The Morgan fingerprint density at radius 1 is 1.18 bits per heavy atom. The van der Waals surface area contributed by atoms with E-state index in [2.05, 4.69) is 32.7 Å². The summed E-state index contributed by atoms with van der Waals surface area (Å²) in [6.45, 7) is 4.85. The Morgan fingerprint density at radius 2 is 2.03 bits per heavy atom. The molecule has 0 saturated carbocycles. The number of carbonyl (C=O) groups excluding carboxylic acids is 1. The molecular weight excluding hydrogens is 423 g/mol. The molecule has 1 saturated heterocycles. The zero-order valence-electron chi connectivity index (χ0n) is 18.6. The fourth-order valence-corrected chi connectivity index (χ4v) is 4.51. The lowest BCUT2D eigenvalue weighted by Crippen LogP contribution is -2.27. The van der Waals surface area contributed by atoms with Crippen LogP contribution < -0.4 is 15.4 Å². The molecule has 0 spiro atoms. The molecule has 1 atom stereocenters. The van der Waals surface area contributed by atoms with Gasteiger partial charge in [0.05, 0.1) is 12.2 Å². The van der Waals surface area contributed by atoms with E-state index in [1.54, 1.807) is 18.5 Å². The second kappa shape index (κ2) is 9.27. The van der Waals surface area contributed by atoms with Crippen molar-refractivity contribution < 1.29 is 13.9 Å². The van der Waals surface area contributed by atoms with E-state index in [9.17, 15) is 4.79 Å². The second-order valence-electron chi connectivity index (χ2n) is 8.81. The monoisotopic (exact) mass is 450 g/mol. The fourth-order valence-electron chi connectivity index (χ4n) is 4.51. The number of fused-ring (bicyclic) bond motifs is 5. The summed E-state index contributed by atoms with van der Waals surface area (Å²) >= 11 is 0. The highest BCUT2D eigenvalue weighted by atomic mass is 19.1. The minimum atomic E-state index is -0.378. The molecule has 1 amide bonds. The molecule has 2 N–H and O–H groups in total. The summed E-state index contributed by atoms with van der Waals surface area (Å²) in [5, 5.41) is 14.4. The zero-order valence-corrected chi connectivity index (χ0v) is 18.6. The Bertz CT molecular complexity index is 1160. The minimum Gasteiger partial charge on any atom is -0.493 e. The van der Waals surface area contributed by atoms with E-state index in [0.29, 0.717) is 41.6 Å². The normalized spacial score (nSPS) is 19.6. The molecule has 2 aliphatic rings. The number of hydrogen-bond donors (Lipinski definition) is 2. The third kappa shape index (κ3) is 4.59. The van der Waals surface area contributed by atoms with Gasteiger partial charge < -0.3 is 19.9 Å². The molecule has 2 aromatic heterocycles. The number of amides is 1. The second-order valence-corrected chi connectivity index (χ2v) is 8.81. The van der Waals surface area contributed by atoms with Crippen molar-refractivity contribution >= 4 is 11.7 Å². The lowest BCUT2D eigenvalue weighted by atomic mass is 9.88. The zero-order chi connectivity index (χ0) is 22.8. The molecule has 4 heterocycles. The molecule has 0 unspecified atom stereocenters. The average molecular weight is 451 g/mol. The lowest BCUT2D eigenvalue weighted by Gasteiger charge is -2.24. The third-order valence-corrected chi connectivity index (χ3v) is 6.33. The van der Waals surface area contributed by atoms with Gasteiger partial charge >= 0.3 is 0 Å². The molecular formula is C24H27FN6O2. The van der Waals surface area contributed by atoms with E-state index in [1.807, 2.05) is 16.7 Å². The fraction of sp³-hybridized carbons (Fsp3) is 0.417. The number of aromatic nitrogens is 4. The highest BCUT2D eigenvalue weighted by Crippen LogP contribution is 2.33. The van der Waals surface area contributed by atoms with Crippen molar-refractivity contribution in [3.05, 3.63) is 53.6 Å². The van der Waals surface area contributed by atoms with Crippen LogP contribution in [-0.4, -0.2) is 45.4 Å². The van der Waals surface area contributed by atoms with Gasteiger partial charge in [-0.2, -0.15) is 0 Å². The van der Waals surface area contributed by atoms with Crippen molar-refractivity contribution in [1.82, 2.24) is 25.1 Å². The van der Waals surface area contributed by atoms with Crippen LogP contribution in [0.2, 0.25) is 0 Å². The number of nitrogens with zero attached hydrogens (tertiary/aromatic N) is 4. The van der Waals surface area contributed by atoms with Crippen molar-refractivity contribution in [3.8, 4) is 17.3 Å². The molecule has 3 aromatic rings. The highest BCUT2D eigenvalue weighted by Gasteiger charge is 2.24. The van der Waals surface area contributed by atoms with Gasteiger partial charge in [-0.15, -0.1) is 10.2 Å². The van der Waals surface area contributed by atoms with Gasteiger partial charge in [-0.05, 0) is 68.0 Å². The van der Waals surface area contributed by atoms with Crippen molar-refractivity contribution in [2.24, 2.45) is 5.92 Å². The molecule has 0 aliphatic carbocycles. The summed E-state index contributed by atoms with van der Waals surface area (Å²) in [6, 6.07) is 8.40. The topological polar surface area (TPSA) is 94.0 Å². The first-order valence-electron chi connectivity index (χ1n) is 11.4. The maximum atomic E-state index is 15.1. The van der Waals surface area contributed by atoms with Crippen LogP contribution in [0, 0.1) is 11.7 Å². The standard InChI is InChI=1S/C24H27FN6O2/c1-15-7-10-33-21-12-19(25)17(16-5-8-26-9-6-16)11-18(21)24(32)29-22-4-2-3-20(28-22)23-30-27-14-31(23)13-15/h2-4,11-12,14-16,26H,5-10,13H2,1H3,(H,28,29,32)/t15-/m0/s1. The van der Waals surface area contributed by atoms with Gasteiger partial charge in [0.25, 0.3) is 5.91 Å². The van der Waals surface area contributed by atoms with Gasteiger partial charge in [0.2, 0.25) is 0 Å². The van der Waals surface area contributed by atoms with Crippen molar-refractivity contribution in [2.45, 2.75) is 38.6 Å². The van der Waals surface area contributed by atoms with E-state index in [1.165, 1.54) is 6.07 Å². The largest absolute Gasteiger partial charge is 0.493 e. The summed E-state index contributed by atoms with van der Waals surface area (Å²) in [5.41, 5.74) is 1.52. The van der Waals surface area contributed by atoms with Crippen molar-refractivity contribution in [3.63, 3.8) is 0 Å². The molecule has 2 aliphatic heterocycles. The summed E-state index contributed by atoms with van der Waals surface area (Å²) in [5.74, 6) is 0.913. The van der Waals surface area contributed by atoms with E-state index >= 15 is 4.39 Å². The summed E-state index contributed by atoms with van der Waals surface area (Å²) in [4.78, 5) is 17.9. The van der Waals surface area contributed by atoms with Crippen LogP contribution in [0.1, 0.15) is 48.0 Å². The summed E-state index contributed by atoms with van der Waals surface area (Å²) in [6.07, 6.45) is 4.07. The molecule has 172 valence electrons. The van der Waals surface area contributed by atoms with Gasteiger partial charge in [-0.1, -0.05) is 13.0 Å². The van der Waals surface area contributed by atoms with E-state index < -0.39 is 0 Å². The van der Waals surface area contributed by atoms with E-state index in [4.69, 9.17) is 4.74 Å². The SMILES string of the molecule is C[C@H]1CCOc2cc(F)c(C3CCNCC3)cc2C(=O)Nc2cccc(n2)-c2nncn2C1. The lowest BCUT2D eigenvalue weighted by molar-refractivity contribution is 0.102. The quantitative estimate of drug-likeness (QED) is 0.588. The first kappa shape index (κ1) is 21.5. The Morgan fingerprint density at radius 3 is 2.88 bits per heavy atom. The Hall–Kier alpha value is -3.33.